The largest absolute Gasteiger partial charge is 0.383 e. The Morgan fingerprint density at radius 2 is 1.98 bits per heavy atom. The maximum absolute atomic E-state index is 13.9. The molecule has 0 N–H and O–H groups in total. The molecule has 9 nitrogen and oxygen atoms in total. The first-order valence-corrected chi connectivity index (χ1v) is 13.2. The molecular formula is C30H32FN5O4. The Morgan fingerprint density at radius 3 is 2.70 bits per heavy atom. The van der Waals surface area contributed by atoms with Crippen LogP contribution in [0.25, 0.3) is 16.9 Å². The van der Waals surface area contributed by atoms with Crippen LogP contribution < -0.4 is 5.56 Å². The number of halogens is 1. The van der Waals surface area contributed by atoms with Crippen molar-refractivity contribution in [3.05, 3.63) is 100 Å². The van der Waals surface area contributed by atoms with E-state index in [0.717, 1.165) is 22.5 Å². The zero-order chi connectivity index (χ0) is 28.2. The number of para-hydroxylation sites is 1. The number of aryl methyl sites for hydroxylation is 1. The monoisotopic (exact) mass is 545 g/mol. The summed E-state index contributed by atoms with van der Waals surface area (Å²) in [6, 6.07) is 16.0. The summed E-state index contributed by atoms with van der Waals surface area (Å²) in [5.74, 6) is -0.744. The lowest BCUT2D eigenvalue weighted by Gasteiger charge is -2.17. The van der Waals surface area contributed by atoms with Crippen LogP contribution in [0.1, 0.15) is 29.3 Å². The lowest BCUT2D eigenvalue weighted by molar-refractivity contribution is -0.155. The second-order valence-corrected chi connectivity index (χ2v) is 10.0. The van der Waals surface area contributed by atoms with Crippen molar-refractivity contribution < 1.29 is 18.8 Å². The van der Waals surface area contributed by atoms with Gasteiger partial charge < -0.3 is 9.30 Å². The fourth-order valence-electron chi connectivity index (χ4n) is 5.16. The first-order chi connectivity index (χ1) is 19.3. The summed E-state index contributed by atoms with van der Waals surface area (Å²) in [4.78, 5) is 35.4. The van der Waals surface area contributed by atoms with E-state index in [1.807, 2.05) is 37.3 Å². The summed E-state index contributed by atoms with van der Waals surface area (Å²) in [5.41, 5.74) is 4.52. The summed E-state index contributed by atoms with van der Waals surface area (Å²) in [6.45, 7) is 3.47. The number of hydroxylamine groups is 2. The zero-order valence-corrected chi connectivity index (χ0v) is 22.8. The van der Waals surface area contributed by atoms with E-state index in [1.165, 1.54) is 22.9 Å². The Hall–Kier alpha value is -3.99. The second-order valence-electron chi connectivity index (χ2n) is 10.0. The average Bonchev–Trinajstić information content (AvgIpc) is 3.50. The minimum Gasteiger partial charge on any atom is -0.383 e. The van der Waals surface area contributed by atoms with Crippen LogP contribution in [0.15, 0.2) is 71.8 Å². The lowest BCUT2D eigenvalue weighted by Crippen LogP contribution is -2.24. The smallest absolute Gasteiger partial charge is 0.250 e. The van der Waals surface area contributed by atoms with Gasteiger partial charge in [0.05, 0.1) is 23.7 Å². The number of benzene rings is 1. The Balaban J connectivity index is 1.44. The highest BCUT2D eigenvalue weighted by Crippen LogP contribution is 2.37. The van der Waals surface area contributed by atoms with E-state index in [1.54, 1.807) is 42.2 Å². The van der Waals surface area contributed by atoms with E-state index >= 15 is 0 Å². The number of carbonyl (C=O) groups is 1. The lowest BCUT2D eigenvalue weighted by atomic mass is 9.91. The molecule has 5 rings (SSSR count). The number of hydrogen-bond donors (Lipinski definition) is 0. The minimum atomic E-state index is -0.588. The van der Waals surface area contributed by atoms with E-state index in [9.17, 15) is 14.0 Å². The molecule has 0 radical (unpaired) electrons. The van der Waals surface area contributed by atoms with Gasteiger partial charge in [0.25, 0.3) is 0 Å². The SMILES string of the molecule is COCCN1C[C@@H](CC(=O)Cc2c(C)c(-c3ccc(=O)n(C)c3)nn2-c2ccccc2)[C@H](c2ccnc(F)c2)O1. The van der Waals surface area contributed by atoms with Crippen LogP contribution in [-0.2, 0) is 27.8 Å². The van der Waals surface area contributed by atoms with Crippen molar-refractivity contribution in [3.8, 4) is 16.9 Å². The first kappa shape index (κ1) is 27.6. The van der Waals surface area contributed by atoms with Gasteiger partial charge in [0.2, 0.25) is 11.5 Å². The predicted molar refractivity (Wildman–Crippen MR) is 147 cm³/mol. The van der Waals surface area contributed by atoms with Crippen LogP contribution in [0, 0.1) is 18.8 Å². The summed E-state index contributed by atoms with van der Waals surface area (Å²) in [6.07, 6.45) is 3.09. The summed E-state index contributed by atoms with van der Waals surface area (Å²) < 4.78 is 22.5. The third-order valence-electron chi connectivity index (χ3n) is 7.21. The van der Waals surface area contributed by atoms with Crippen molar-refractivity contribution in [2.24, 2.45) is 13.0 Å². The fraction of sp³-hybridized carbons (Fsp3) is 0.333. The molecule has 1 saturated heterocycles. The van der Waals surface area contributed by atoms with Crippen molar-refractivity contribution in [1.29, 1.82) is 0 Å². The van der Waals surface area contributed by atoms with Crippen molar-refractivity contribution in [2.45, 2.75) is 25.9 Å². The molecule has 1 aliphatic rings. The first-order valence-electron chi connectivity index (χ1n) is 13.2. The van der Waals surface area contributed by atoms with E-state index < -0.39 is 12.1 Å². The van der Waals surface area contributed by atoms with Crippen LogP contribution in [-0.4, -0.2) is 57.0 Å². The number of carbonyl (C=O) groups excluding carboxylic acids is 1. The van der Waals surface area contributed by atoms with E-state index in [2.05, 4.69) is 4.98 Å². The average molecular weight is 546 g/mol. The summed E-state index contributed by atoms with van der Waals surface area (Å²) >= 11 is 0. The number of hydrogen-bond acceptors (Lipinski definition) is 7. The predicted octanol–water partition coefficient (Wildman–Crippen LogP) is 3.83. The zero-order valence-electron chi connectivity index (χ0n) is 22.8. The molecule has 0 aliphatic carbocycles. The van der Waals surface area contributed by atoms with Gasteiger partial charge in [-0.25, -0.2) is 9.67 Å². The number of nitrogens with zero attached hydrogens (tertiary/aromatic N) is 5. The number of Topliss-reactive ketones (excluding diaryl/α,β-unsaturated/α-hetero) is 1. The van der Waals surface area contributed by atoms with Gasteiger partial charge in [-0.3, -0.25) is 14.4 Å². The molecule has 0 bridgehead atoms. The molecule has 0 saturated carbocycles. The number of aromatic nitrogens is 4. The summed E-state index contributed by atoms with van der Waals surface area (Å²) in [5, 5.41) is 6.66. The molecule has 4 aromatic rings. The number of ether oxygens (including phenoxy) is 1. The number of pyridine rings is 2. The highest BCUT2D eigenvalue weighted by molar-refractivity contribution is 5.82. The van der Waals surface area contributed by atoms with Crippen LogP contribution in [0.4, 0.5) is 4.39 Å². The van der Waals surface area contributed by atoms with Gasteiger partial charge in [-0.15, -0.1) is 0 Å². The highest BCUT2D eigenvalue weighted by Gasteiger charge is 2.37. The molecule has 3 aromatic heterocycles. The third-order valence-corrected chi connectivity index (χ3v) is 7.21. The molecule has 1 fully saturated rings. The van der Waals surface area contributed by atoms with E-state index in [0.29, 0.717) is 31.0 Å². The van der Waals surface area contributed by atoms with Gasteiger partial charge >= 0.3 is 0 Å². The summed E-state index contributed by atoms with van der Waals surface area (Å²) in [7, 11) is 3.32. The molecule has 208 valence electrons. The Morgan fingerprint density at radius 1 is 1.18 bits per heavy atom. The van der Waals surface area contributed by atoms with Gasteiger partial charge in [-0.05, 0) is 48.4 Å². The number of rotatable bonds is 10. The van der Waals surface area contributed by atoms with Gasteiger partial charge in [-0.2, -0.15) is 14.6 Å². The van der Waals surface area contributed by atoms with Crippen molar-refractivity contribution in [3.63, 3.8) is 0 Å². The third kappa shape index (κ3) is 5.94. The topological polar surface area (TPSA) is 91.5 Å². The van der Waals surface area contributed by atoms with Crippen LogP contribution in [0.5, 0.6) is 0 Å². The molecule has 40 heavy (non-hydrogen) atoms. The maximum atomic E-state index is 13.9. The Labute approximate surface area is 231 Å². The van der Waals surface area contributed by atoms with Gasteiger partial charge in [0.1, 0.15) is 11.9 Å². The number of ketones is 1. The van der Waals surface area contributed by atoms with Gasteiger partial charge in [-0.1, -0.05) is 18.2 Å². The molecule has 10 heteroatoms. The second kappa shape index (κ2) is 12.0. The molecule has 4 heterocycles. The van der Waals surface area contributed by atoms with Crippen molar-refractivity contribution in [2.75, 3.05) is 26.8 Å². The fourth-order valence-corrected chi connectivity index (χ4v) is 5.16. The molecule has 0 amide bonds. The normalized spacial score (nSPS) is 17.4. The molecule has 0 unspecified atom stereocenters. The Kier molecular flexibility index (Phi) is 8.29. The quantitative estimate of drug-likeness (QED) is 0.280. The van der Waals surface area contributed by atoms with E-state index in [-0.39, 0.29) is 30.1 Å². The minimum absolute atomic E-state index is 0.0221. The van der Waals surface area contributed by atoms with Gasteiger partial charge in [0, 0.05) is 70.0 Å². The molecule has 2 atom stereocenters. The van der Waals surface area contributed by atoms with Crippen molar-refractivity contribution >= 4 is 5.78 Å². The van der Waals surface area contributed by atoms with Crippen LogP contribution in [0.3, 0.4) is 0 Å². The molecular weight excluding hydrogens is 513 g/mol. The molecule has 1 aromatic carbocycles. The number of methoxy groups -OCH3 is 1. The standard InChI is InChI=1S/C30H32FN5O4/c1-20-26(36(24-7-5-4-6-8-24)33-29(20)22-9-10-28(38)34(2)18-22)17-25(37)15-23-19-35(13-14-39-3)40-30(23)21-11-12-32-27(31)16-21/h4-12,16,18,23,30H,13-15,17,19H2,1-3H3/t23-,30+/m1/s1. The van der Waals surface area contributed by atoms with Crippen LogP contribution >= 0.6 is 0 Å². The molecule has 0 spiro atoms. The van der Waals surface area contributed by atoms with Gasteiger partial charge in [0.15, 0.2) is 0 Å². The molecule has 1 aliphatic heterocycles. The maximum Gasteiger partial charge on any atom is 0.250 e. The van der Waals surface area contributed by atoms with E-state index in [4.69, 9.17) is 14.7 Å². The van der Waals surface area contributed by atoms with Crippen molar-refractivity contribution in [1.82, 2.24) is 24.4 Å². The Bertz CT molecular complexity index is 1550. The highest BCUT2D eigenvalue weighted by atomic mass is 19.1. The van der Waals surface area contributed by atoms with Crippen LogP contribution in [0.2, 0.25) is 0 Å².